The van der Waals surface area contributed by atoms with E-state index in [-0.39, 0.29) is 5.70 Å². The minimum atomic E-state index is -0.490. The molecule has 0 saturated carbocycles. The number of aryl methyl sites for hydroxylation is 1. The third kappa shape index (κ3) is 3.15. The quantitative estimate of drug-likeness (QED) is 0.639. The number of methoxy groups -OCH3 is 2. The van der Waals surface area contributed by atoms with Crippen molar-refractivity contribution >= 4 is 17.9 Å². The van der Waals surface area contributed by atoms with Crippen molar-refractivity contribution in [1.29, 1.82) is 0 Å². The highest BCUT2D eigenvalue weighted by atomic mass is 16.6. The summed E-state index contributed by atoms with van der Waals surface area (Å²) < 4.78 is 15.8. The van der Waals surface area contributed by atoms with Gasteiger partial charge >= 0.3 is 5.97 Å². The van der Waals surface area contributed by atoms with Gasteiger partial charge in [0.2, 0.25) is 5.90 Å². The first-order valence-electron chi connectivity index (χ1n) is 7.42. The van der Waals surface area contributed by atoms with E-state index in [1.165, 1.54) is 0 Å². The van der Waals surface area contributed by atoms with Crippen molar-refractivity contribution in [2.45, 2.75) is 6.92 Å². The van der Waals surface area contributed by atoms with Crippen molar-refractivity contribution in [2.75, 3.05) is 14.2 Å². The highest BCUT2D eigenvalue weighted by Gasteiger charge is 2.24. The molecule has 0 fully saturated rings. The van der Waals surface area contributed by atoms with Crippen LogP contribution >= 0.6 is 0 Å². The van der Waals surface area contributed by atoms with Gasteiger partial charge < -0.3 is 14.2 Å². The number of carbonyl (C=O) groups excluding carboxylic acids is 1. The van der Waals surface area contributed by atoms with E-state index in [0.29, 0.717) is 23.0 Å². The fourth-order valence-electron chi connectivity index (χ4n) is 2.33. The summed E-state index contributed by atoms with van der Waals surface area (Å²) in [5, 5.41) is 0. The Kier molecular flexibility index (Phi) is 4.33. The third-order valence-corrected chi connectivity index (χ3v) is 3.65. The Morgan fingerprint density at radius 2 is 1.79 bits per heavy atom. The van der Waals surface area contributed by atoms with Gasteiger partial charge in [0.1, 0.15) is 11.5 Å². The zero-order valence-corrected chi connectivity index (χ0v) is 13.7. The van der Waals surface area contributed by atoms with Gasteiger partial charge in [-0.1, -0.05) is 17.7 Å². The number of aliphatic imine (C=N–C) groups is 1. The molecule has 0 saturated heterocycles. The molecule has 122 valence electrons. The van der Waals surface area contributed by atoms with E-state index in [1.54, 1.807) is 38.5 Å². The Labute approximate surface area is 140 Å². The highest BCUT2D eigenvalue weighted by Crippen LogP contribution is 2.28. The van der Waals surface area contributed by atoms with E-state index < -0.39 is 5.97 Å². The molecule has 5 nitrogen and oxygen atoms in total. The van der Waals surface area contributed by atoms with Crippen LogP contribution in [0.25, 0.3) is 6.08 Å². The van der Waals surface area contributed by atoms with Gasteiger partial charge in [0, 0.05) is 11.1 Å². The first-order valence-corrected chi connectivity index (χ1v) is 7.42. The number of carbonyl (C=O) groups is 1. The molecule has 2 aromatic carbocycles. The number of hydrogen-bond acceptors (Lipinski definition) is 5. The molecule has 5 heteroatoms. The lowest BCUT2D eigenvalue weighted by Gasteiger charge is -2.07. The summed E-state index contributed by atoms with van der Waals surface area (Å²) in [7, 11) is 3.15. The van der Waals surface area contributed by atoms with Crippen LogP contribution in [0, 0.1) is 6.92 Å². The molecular weight excluding hydrogens is 306 g/mol. The molecule has 0 N–H and O–H groups in total. The Bertz CT molecular complexity index is 835. The van der Waals surface area contributed by atoms with Crippen LogP contribution in [0.15, 0.2) is 53.2 Å². The molecule has 3 rings (SSSR count). The number of cyclic esters (lactones) is 1. The molecule has 0 atom stereocenters. The summed E-state index contributed by atoms with van der Waals surface area (Å²) >= 11 is 0. The van der Waals surface area contributed by atoms with Crippen LogP contribution in [0.1, 0.15) is 16.7 Å². The van der Waals surface area contributed by atoms with Crippen molar-refractivity contribution < 1.29 is 19.0 Å². The summed E-state index contributed by atoms with van der Waals surface area (Å²) in [4.78, 5) is 16.4. The standard InChI is InChI=1S/C19H17NO4/c1-12-4-6-13(7-5-12)18-20-16(19(21)24-18)11-14-10-15(22-2)8-9-17(14)23-3/h4-11H,1-3H3/b16-11+. The first-order chi connectivity index (χ1) is 11.6. The van der Waals surface area contributed by atoms with Crippen LogP contribution in [-0.2, 0) is 9.53 Å². The third-order valence-electron chi connectivity index (χ3n) is 3.65. The van der Waals surface area contributed by atoms with Gasteiger partial charge in [0.25, 0.3) is 0 Å². The van der Waals surface area contributed by atoms with E-state index in [0.717, 1.165) is 11.1 Å². The van der Waals surface area contributed by atoms with Crippen molar-refractivity contribution in [3.05, 3.63) is 64.9 Å². The summed E-state index contributed by atoms with van der Waals surface area (Å²) in [6.07, 6.45) is 1.63. The van der Waals surface area contributed by atoms with Gasteiger partial charge in [-0.15, -0.1) is 0 Å². The Balaban J connectivity index is 1.98. The molecule has 0 amide bonds. The van der Waals surface area contributed by atoms with Gasteiger partial charge in [0.05, 0.1) is 14.2 Å². The van der Waals surface area contributed by atoms with E-state index in [4.69, 9.17) is 14.2 Å². The smallest absolute Gasteiger partial charge is 0.363 e. The zero-order valence-electron chi connectivity index (χ0n) is 13.7. The van der Waals surface area contributed by atoms with Crippen LogP contribution in [0.3, 0.4) is 0 Å². The molecule has 0 bridgehead atoms. The molecule has 0 aliphatic carbocycles. The molecular formula is C19H17NO4. The zero-order chi connectivity index (χ0) is 17.1. The lowest BCUT2D eigenvalue weighted by atomic mass is 10.1. The molecule has 0 unspecified atom stereocenters. The summed E-state index contributed by atoms with van der Waals surface area (Å²) in [6.45, 7) is 1.99. The second-order valence-electron chi connectivity index (χ2n) is 5.31. The summed E-state index contributed by atoms with van der Waals surface area (Å²) in [5.41, 5.74) is 2.80. The van der Waals surface area contributed by atoms with Gasteiger partial charge in [-0.25, -0.2) is 9.79 Å². The van der Waals surface area contributed by atoms with Crippen LogP contribution < -0.4 is 9.47 Å². The molecule has 24 heavy (non-hydrogen) atoms. The van der Waals surface area contributed by atoms with Gasteiger partial charge in [-0.3, -0.25) is 0 Å². The fraction of sp³-hybridized carbons (Fsp3) is 0.158. The lowest BCUT2D eigenvalue weighted by Crippen LogP contribution is -2.05. The van der Waals surface area contributed by atoms with Crippen LogP contribution in [0.5, 0.6) is 11.5 Å². The average Bonchev–Trinajstić information content (AvgIpc) is 2.96. The molecule has 0 spiro atoms. The van der Waals surface area contributed by atoms with Gasteiger partial charge in [0.15, 0.2) is 5.70 Å². The monoisotopic (exact) mass is 323 g/mol. The normalized spacial score (nSPS) is 15.2. The number of ether oxygens (including phenoxy) is 3. The highest BCUT2D eigenvalue weighted by molar-refractivity contribution is 6.13. The molecule has 0 radical (unpaired) electrons. The molecule has 2 aromatic rings. The number of hydrogen-bond donors (Lipinski definition) is 0. The van der Waals surface area contributed by atoms with Crippen molar-refractivity contribution in [3.63, 3.8) is 0 Å². The van der Waals surface area contributed by atoms with Crippen LogP contribution in [0.4, 0.5) is 0 Å². The summed E-state index contributed by atoms with van der Waals surface area (Å²) in [6, 6.07) is 13.0. The Morgan fingerprint density at radius 3 is 2.46 bits per heavy atom. The predicted molar refractivity (Wildman–Crippen MR) is 91.3 cm³/mol. The molecule has 1 heterocycles. The fourth-order valence-corrected chi connectivity index (χ4v) is 2.33. The molecule has 1 aliphatic heterocycles. The van der Waals surface area contributed by atoms with Gasteiger partial charge in [-0.2, -0.15) is 0 Å². The largest absolute Gasteiger partial charge is 0.497 e. The maximum Gasteiger partial charge on any atom is 0.363 e. The van der Waals surface area contributed by atoms with Crippen molar-refractivity contribution in [3.8, 4) is 11.5 Å². The SMILES string of the molecule is COc1ccc(OC)c(/C=C2/N=C(c3ccc(C)cc3)OC2=O)c1. The second-order valence-corrected chi connectivity index (χ2v) is 5.31. The lowest BCUT2D eigenvalue weighted by molar-refractivity contribution is -0.129. The maximum absolute atomic E-state index is 12.1. The van der Waals surface area contributed by atoms with Crippen molar-refractivity contribution in [2.24, 2.45) is 4.99 Å². The van der Waals surface area contributed by atoms with E-state index in [2.05, 4.69) is 4.99 Å². The Morgan fingerprint density at radius 1 is 1.04 bits per heavy atom. The Hall–Kier alpha value is -3.08. The van der Waals surface area contributed by atoms with E-state index in [1.807, 2.05) is 31.2 Å². The minimum absolute atomic E-state index is 0.220. The average molecular weight is 323 g/mol. The number of nitrogens with zero attached hydrogens (tertiary/aromatic N) is 1. The van der Waals surface area contributed by atoms with Gasteiger partial charge in [-0.05, 0) is 43.3 Å². The van der Waals surface area contributed by atoms with E-state index in [9.17, 15) is 4.79 Å². The number of esters is 1. The minimum Gasteiger partial charge on any atom is -0.497 e. The van der Waals surface area contributed by atoms with E-state index >= 15 is 0 Å². The second kappa shape index (κ2) is 6.58. The number of benzene rings is 2. The maximum atomic E-state index is 12.1. The van der Waals surface area contributed by atoms with Crippen molar-refractivity contribution in [1.82, 2.24) is 0 Å². The topological polar surface area (TPSA) is 57.1 Å². The van der Waals surface area contributed by atoms with Crippen LogP contribution in [-0.4, -0.2) is 26.1 Å². The first kappa shape index (κ1) is 15.8. The summed E-state index contributed by atoms with van der Waals surface area (Å²) in [5.74, 6) is 1.09. The number of rotatable bonds is 4. The molecule has 1 aliphatic rings. The predicted octanol–water partition coefficient (Wildman–Crippen LogP) is 3.36. The molecule has 0 aromatic heterocycles. The van der Waals surface area contributed by atoms with Crippen LogP contribution in [0.2, 0.25) is 0 Å².